The quantitative estimate of drug-likeness (QED) is 0.292. The molecular weight excluding hydrogens is 490 g/mol. The van der Waals surface area contributed by atoms with Crippen molar-refractivity contribution in [1.29, 1.82) is 0 Å². The van der Waals surface area contributed by atoms with Gasteiger partial charge in [-0.25, -0.2) is 9.78 Å². The zero-order valence-corrected chi connectivity index (χ0v) is 21.6. The van der Waals surface area contributed by atoms with Gasteiger partial charge in [-0.15, -0.1) is 0 Å². The van der Waals surface area contributed by atoms with Crippen LogP contribution in [-0.4, -0.2) is 27.7 Å². The van der Waals surface area contributed by atoms with E-state index in [0.29, 0.717) is 11.8 Å². The SMILES string of the molecule is CC1C(CCc2nc3ccc(-c4ccc5cc(Br)ccc5c4)cc3[nH]2)C1NC(=O)OC(C)(C)C. The van der Waals surface area contributed by atoms with Crippen LogP contribution < -0.4 is 5.32 Å². The van der Waals surface area contributed by atoms with Crippen LogP contribution in [0.3, 0.4) is 0 Å². The van der Waals surface area contributed by atoms with E-state index in [0.717, 1.165) is 34.2 Å². The maximum atomic E-state index is 12.1. The highest BCUT2D eigenvalue weighted by Gasteiger charge is 2.47. The highest BCUT2D eigenvalue weighted by atomic mass is 79.9. The number of rotatable bonds is 5. The summed E-state index contributed by atoms with van der Waals surface area (Å²) >= 11 is 3.54. The molecule has 2 N–H and O–H groups in total. The second-order valence-electron chi connectivity index (χ2n) is 10.4. The van der Waals surface area contributed by atoms with Crippen LogP contribution in [-0.2, 0) is 11.2 Å². The third-order valence-electron chi connectivity index (χ3n) is 6.63. The number of H-pyrrole nitrogens is 1. The number of hydrogen-bond acceptors (Lipinski definition) is 3. The van der Waals surface area contributed by atoms with Crippen LogP contribution in [0.2, 0.25) is 0 Å². The number of nitrogens with one attached hydrogen (secondary N) is 2. The molecule has 1 fully saturated rings. The molecule has 0 radical (unpaired) electrons. The molecule has 1 amide bonds. The first-order valence-electron chi connectivity index (χ1n) is 11.8. The van der Waals surface area contributed by atoms with E-state index < -0.39 is 5.60 Å². The molecular formula is C28H30BrN3O2. The number of carbonyl (C=O) groups is 1. The van der Waals surface area contributed by atoms with E-state index in [4.69, 9.17) is 9.72 Å². The number of alkyl carbamates (subject to hydrolysis) is 1. The fraction of sp³-hybridized carbons (Fsp3) is 0.357. The summed E-state index contributed by atoms with van der Waals surface area (Å²) in [7, 11) is 0. The fourth-order valence-electron chi connectivity index (χ4n) is 4.73. The lowest BCUT2D eigenvalue weighted by Crippen LogP contribution is -2.34. The number of nitrogens with zero attached hydrogens (tertiary/aromatic N) is 1. The Kier molecular flexibility index (Phi) is 5.88. The Morgan fingerprint density at radius 1 is 1.06 bits per heavy atom. The molecule has 0 spiro atoms. The monoisotopic (exact) mass is 519 g/mol. The van der Waals surface area contributed by atoms with Gasteiger partial charge in [0.1, 0.15) is 11.4 Å². The molecule has 34 heavy (non-hydrogen) atoms. The first-order chi connectivity index (χ1) is 16.2. The van der Waals surface area contributed by atoms with E-state index in [2.05, 4.69) is 87.8 Å². The van der Waals surface area contributed by atoms with Gasteiger partial charge in [0.2, 0.25) is 0 Å². The fourth-order valence-corrected chi connectivity index (χ4v) is 5.11. The Balaban J connectivity index is 1.25. The molecule has 1 heterocycles. The number of hydrogen-bond donors (Lipinski definition) is 2. The minimum Gasteiger partial charge on any atom is -0.444 e. The van der Waals surface area contributed by atoms with Gasteiger partial charge in [0.15, 0.2) is 0 Å². The Bertz CT molecular complexity index is 1370. The van der Waals surface area contributed by atoms with E-state index in [-0.39, 0.29) is 12.1 Å². The molecule has 3 aromatic carbocycles. The smallest absolute Gasteiger partial charge is 0.407 e. The van der Waals surface area contributed by atoms with Crippen molar-refractivity contribution in [2.75, 3.05) is 0 Å². The summed E-state index contributed by atoms with van der Waals surface area (Å²) in [5.74, 6) is 1.90. The summed E-state index contributed by atoms with van der Waals surface area (Å²) in [6.45, 7) is 7.82. The Hall–Kier alpha value is -2.86. The van der Waals surface area contributed by atoms with Crippen LogP contribution in [0.5, 0.6) is 0 Å². The average Bonchev–Trinajstić information content (AvgIpc) is 3.17. The normalized spacial score (nSPS) is 20.0. The molecule has 3 atom stereocenters. The van der Waals surface area contributed by atoms with Crippen LogP contribution in [0, 0.1) is 11.8 Å². The number of aromatic nitrogens is 2. The summed E-state index contributed by atoms with van der Waals surface area (Å²) < 4.78 is 6.48. The van der Waals surface area contributed by atoms with Gasteiger partial charge in [-0.1, -0.05) is 47.1 Å². The minimum absolute atomic E-state index is 0.180. The van der Waals surface area contributed by atoms with Gasteiger partial charge >= 0.3 is 6.09 Å². The molecule has 1 saturated carbocycles. The summed E-state index contributed by atoms with van der Waals surface area (Å²) in [5.41, 5.74) is 3.92. The first kappa shape index (κ1) is 22.9. The van der Waals surface area contributed by atoms with E-state index >= 15 is 0 Å². The number of halogens is 1. The summed E-state index contributed by atoms with van der Waals surface area (Å²) in [5, 5.41) is 5.46. The lowest BCUT2D eigenvalue weighted by atomic mass is 10.0. The standard InChI is InChI=1S/C28H30BrN3O2/c1-16-22(26(16)32-27(33)34-28(2,3)4)10-12-25-30-23-11-8-20(15-24(23)31-25)17-5-6-19-14-21(29)9-7-18(19)13-17/h5-9,11,13-16,22,26H,10,12H2,1-4H3,(H,30,31)(H,32,33). The van der Waals surface area contributed by atoms with E-state index in [9.17, 15) is 4.79 Å². The average molecular weight is 520 g/mol. The van der Waals surface area contributed by atoms with Crippen LogP contribution >= 0.6 is 15.9 Å². The number of imidazole rings is 1. The van der Waals surface area contributed by atoms with Crippen molar-refractivity contribution in [2.45, 2.75) is 52.2 Å². The highest BCUT2D eigenvalue weighted by Crippen LogP contribution is 2.42. The van der Waals surface area contributed by atoms with Gasteiger partial charge < -0.3 is 15.0 Å². The number of carbonyl (C=O) groups excluding carboxylic acids is 1. The van der Waals surface area contributed by atoms with E-state index in [1.54, 1.807) is 0 Å². The van der Waals surface area contributed by atoms with Gasteiger partial charge in [0, 0.05) is 16.9 Å². The van der Waals surface area contributed by atoms with Crippen molar-refractivity contribution in [3.8, 4) is 11.1 Å². The maximum absolute atomic E-state index is 12.1. The first-order valence-corrected chi connectivity index (χ1v) is 12.6. The number of aromatic amines is 1. The van der Waals surface area contributed by atoms with Crippen molar-refractivity contribution < 1.29 is 9.53 Å². The topological polar surface area (TPSA) is 67.0 Å². The molecule has 176 valence electrons. The molecule has 0 saturated heterocycles. The van der Waals surface area contributed by atoms with Gasteiger partial charge in [-0.05, 0) is 91.3 Å². The van der Waals surface area contributed by atoms with Crippen molar-refractivity contribution in [3.63, 3.8) is 0 Å². The molecule has 0 aliphatic heterocycles. The van der Waals surface area contributed by atoms with Gasteiger partial charge in [-0.2, -0.15) is 0 Å². The Morgan fingerprint density at radius 2 is 1.76 bits per heavy atom. The molecule has 1 aromatic heterocycles. The molecule has 1 aliphatic carbocycles. The van der Waals surface area contributed by atoms with Gasteiger partial charge in [-0.3, -0.25) is 0 Å². The molecule has 0 bridgehead atoms. The Morgan fingerprint density at radius 3 is 2.56 bits per heavy atom. The van der Waals surface area contributed by atoms with E-state index in [1.165, 1.54) is 21.9 Å². The zero-order chi connectivity index (χ0) is 24.0. The highest BCUT2D eigenvalue weighted by molar-refractivity contribution is 9.10. The summed E-state index contributed by atoms with van der Waals surface area (Å²) in [6, 6.07) is 19.5. The third-order valence-corrected chi connectivity index (χ3v) is 7.12. The molecule has 5 nitrogen and oxygen atoms in total. The predicted octanol–water partition coefficient (Wildman–Crippen LogP) is 7.24. The number of benzene rings is 3. The molecule has 5 rings (SSSR count). The molecule has 6 heteroatoms. The van der Waals surface area contributed by atoms with Crippen molar-refractivity contribution in [2.24, 2.45) is 11.8 Å². The van der Waals surface area contributed by atoms with Crippen LogP contribution in [0.25, 0.3) is 32.9 Å². The number of fused-ring (bicyclic) bond motifs is 2. The van der Waals surface area contributed by atoms with Crippen LogP contribution in [0.1, 0.15) is 39.9 Å². The third kappa shape index (κ3) is 4.97. The van der Waals surface area contributed by atoms with Gasteiger partial charge in [0.25, 0.3) is 0 Å². The number of ether oxygens (including phenoxy) is 1. The zero-order valence-electron chi connectivity index (χ0n) is 20.0. The van der Waals surface area contributed by atoms with Crippen molar-refractivity contribution in [3.05, 3.63) is 64.9 Å². The van der Waals surface area contributed by atoms with Crippen molar-refractivity contribution >= 4 is 43.8 Å². The largest absolute Gasteiger partial charge is 0.444 e. The summed E-state index contributed by atoms with van der Waals surface area (Å²) in [4.78, 5) is 20.4. The van der Waals surface area contributed by atoms with E-state index in [1.807, 2.05) is 20.8 Å². The summed E-state index contributed by atoms with van der Waals surface area (Å²) in [6.07, 6.45) is 1.51. The van der Waals surface area contributed by atoms with Crippen molar-refractivity contribution in [1.82, 2.24) is 15.3 Å². The lowest BCUT2D eigenvalue weighted by Gasteiger charge is -2.19. The minimum atomic E-state index is -0.477. The molecule has 4 aromatic rings. The Labute approximate surface area is 208 Å². The maximum Gasteiger partial charge on any atom is 0.407 e. The lowest BCUT2D eigenvalue weighted by molar-refractivity contribution is 0.0519. The molecule has 1 aliphatic rings. The predicted molar refractivity (Wildman–Crippen MR) is 141 cm³/mol. The molecule has 3 unspecified atom stereocenters. The number of amides is 1. The van der Waals surface area contributed by atoms with Crippen LogP contribution in [0.15, 0.2) is 59.1 Å². The number of aryl methyl sites for hydroxylation is 1. The van der Waals surface area contributed by atoms with Gasteiger partial charge in [0.05, 0.1) is 11.0 Å². The van der Waals surface area contributed by atoms with Crippen LogP contribution in [0.4, 0.5) is 4.79 Å². The second-order valence-corrected chi connectivity index (χ2v) is 11.3. The second kappa shape index (κ2) is 8.73.